The molecule has 1 unspecified atom stereocenters. The maximum atomic E-state index is 12.6. The summed E-state index contributed by atoms with van der Waals surface area (Å²) >= 11 is 0. The Hall–Kier alpha value is -0.570. The minimum atomic E-state index is -0.146. The van der Waals surface area contributed by atoms with Crippen LogP contribution >= 0.6 is 0 Å². The number of amides is 1. The molecule has 0 saturated heterocycles. The molecular weight excluding hydrogens is 214 g/mol. The molecule has 3 heteroatoms. The lowest BCUT2D eigenvalue weighted by Gasteiger charge is -2.36. The van der Waals surface area contributed by atoms with Crippen molar-refractivity contribution < 1.29 is 9.90 Å². The number of hydrogen-bond acceptors (Lipinski definition) is 2. The molecule has 17 heavy (non-hydrogen) atoms. The molecule has 1 amide bonds. The average Bonchev–Trinajstić information content (AvgIpc) is 2.74. The van der Waals surface area contributed by atoms with Crippen molar-refractivity contribution in [2.45, 2.75) is 58.9 Å². The Morgan fingerprint density at radius 1 is 1.29 bits per heavy atom. The van der Waals surface area contributed by atoms with Crippen molar-refractivity contribution in [3.63, 3.8) is 0 Å². The number of hydrogen-bond donors (Lipinski definition) is 1. The molecule has 1 rings (SSSR count). The fourth-order valence-corrected chi connectivity index (χ4v) is 3.04. The van der Waals surface area contributed by atoms with E-state index in [0.717, 1.165) is 19.3 Å². The zero-order chi connectivity index (χ0) is 13.1. The summed E-state index contributed by atoms with van der Waals surface area (Å²) in [7, 11) is 1.82. The van der Waals surface area contributed by atoms with Gasteiger partial charge in [0, 0.05) is 12.5 Å². The Kier molecular flexibility index (Phi) is 4.99. The molecule has 1 N–H and O–H groups in total. The minimum absolute atomic E-state index is 0.0417. The lowest BCUT2D eigenvalue weighted by molar-refractivity contribution is -0.144. The van der Waals surface area contributed by atoms with Crippen LogP contribution in [0.3, 0.4) is 0 Å². The molecule has 0 radical (unpaired) electrons. The highest BCUT2D eigenvalue weighted by Gasteiger charge is 2.43. The topological polar surface area (TPSA) is 40.5 Å². The summed E-state index contributed by atoms with van der Waals surface area (Å²) in [5.41, 5.74) is -0.146. The van der Waals surface area contributed by atoms with E-state index in [1.165, 1.54) is 12.8 Å². The molecule has 1 atom stereocenters. The number of nitrogens with zero attached hydrogens (tertiary/aromatic N) is 1. The van der Waals surface area contributed by atoms with Gasteiger partial charge in [0.25, 0.3) is 0 Å². The van der Waals surface area contributed by atoms with Gasteiger partial charge in [-0.1, -0.05) is 26.7 Å². The van der Waals surface area contributed by atoms with Crippen molar-refractivity contribution in [2.24, 2.45) is 11.3 Å². The summed E-state index contributed by atoms with van der Waals surface area (Å²) in [4.78, 5) is 14.4. The van der Waals surface area contributed by atoms with E-state index in [-0.39, 0.29) is 24.0 Å². The highest BCUT2D eigenvalue weighted by atomic mass is 16.3. The van der Waals surface area contributed by atoms with E-state index in [4.69, 9.17) is 5.11 Å². The maximum Gasteiger partial charge on any atom is 0.228 e. The van der Waals surface area contributed by atoms with E-state index in [9.17, 15) is 4.79 Å². The standard InChI is InChI=1S/C14H27NO2/c1-11(2)9-14(7-5-6-8-14)13(17)15(4)12(3)10-16/h11-12,16H,5-10H2,1-4H3. The second kappa shape index (κ2) is 5.85. The number of carbonyl (C=O) groups excluding carboxylic acids is 1. The lowest BCUT2D eigenvalue weighted by atomic mass is 9.77. The highest BCUT2D eigenvalue weighted by molar-refractivity contribution is 5.83. The van der Waals surface area contributed by atoms with Crippen LogP contribution in [0.2, 0.25) is 0 Å². The molecule has 3 nitrogen and oxygen atoms in total. The molecule has 0 aromatic rings. The van der Waals surface area contributed by atoms with Crippen molar-refractivity contribution in [1.29, 1.82) is 0 Å². The van der Waals surface area contributed by atoms with Gasteiger partial charge in [0.2, 0.25) is 5.91 Å². The van der Waals surface area contributed by atoms with Gasteiger partial charge in [-0.25, -0.2) is 0 Å². The quantitative estimate of drug-likeness (QED) is 0.803. The van der Waals surface area contributed by atoms with Gasteiger partial charge in [-0.15, -0.1) is 0 Å². The highest BCUT2D eigenvalue weighted by Crippen LogP contribution is 2.44. The normalized spacial score (nSPS) is 20.6. The maximum absolute atomic E-state index is 12.6. The van der Waals surface area contributed by atoms with Crippen LogP contribution in [0.25, 0.3) is 0 Å². The van der Waals surface area contributed by atoms with Gasteiger partial charge < -0.3 is 10.0 Å². The summed E-state index contributed by atoms with van der Waals surface area (Å²) in [5, 5.41) is 9.17. The lowest BCUT2D eigenvalue weighted by Crippen LogP contribution is -2.46. The first kappa shape index (κ1) is 14.5. The third-order valence-electron chi connectivity index (χ3n) is 4.06. The Labute approximate surface area is 105 Å². The van der Waals surface area contributed by atoms with Crippen molar-refractivity contribution in [3.05, 3.63) is 0 Å². The van der Waals surface area contributed by atoms with Crippen LogP contribution in [0, 0.1) is 11.3 Å². The zero-order valence-electron chi connectivity index (χ0n) is 11.7. The third kappa shape index (κ3) is 3.21. The summed E-state index contributed by atoms with van der Waals surface area (Å²) in [6.07, 6.45) is 5.35. The van der Waals surface area contributed by atoms with E-state index in [0.29, 0.717) is 5.92 Å². The molecule has 0 bridgehead atoms. The first-order chi connectivity index (χ1) is 7.93. The summed E-state index contributed by atoms with van der Waals surface area (Å²) < 4.78 is 0. The SMILES string of the molecule is CC(C)CC1(C(=O)N(C)C(C)CO)CCCC1. The van der Waals surface area contributed by atoms with Crippen LogP contribution in [0.5, 0.6) is 0 Å². The van der Waals surface area contributed by atoms with Crippen LogP contribution in [-0.2, 0) is 4.79 Å². The van der Waals surface area contributed by atoms with Crippen LogP contribution in [0.1, 0.15) is 52.9 Å². The Bertz CT molecular complexity index is 257. The smallest absolute Gasteiger partial charge is 0.228 e. The molecule has 1 aliphatic carbocycles. The molecule has 0 heterocycles. The van der Waals surface area contributed by atoms with E-state index >= 15 is 0 Å². The van der Waals surface area contributed by atoms with Crippen molar-refractivity contribution in [3.8, 4) is 0 Å². The van der Waals surface area contributed by atoms with Crippen LogP contribution in [0.4, 0.5) is 0 Å². The van der Waals surface area contributed by atoms with Crippen molar-refractivity contribution in [2.75, 3.05) is 13.7 Å². The van der Waals surface area contributed by atoms with E-state index in [1.54, 1.807) is 4.90 Å². The largest absolute Gasteiger partial charge is 0.394 e. The van der Waals surface area contributed by atoms with E-state index in [1.807, 2.05) is 14.0 Å². The molecule has 1 saturated carbocycles. The van der Waals surface area contributed by atoms with Gasteiger partial charge in [-0.3, -0.25) is 4.79 Å². The third-order valence-corrected chi connectivity index (χ3v) is 4.06. The first-order valence-electron chi connectivity index (χ1n) is 6.81. The Morgan fingerprint density at radius 3 is 2.24 bits per heavy atom. The van der Waals surface area contributed by atoms with Gasteiger partial charge >= 0.3 is 0 Å². The number of carbonyl (C=O) groups is 1. The van der Waals surface area contributed by atoms with Gasteiger partial charge in [-0.05, 0) is 32.1 Å². The van der Waals surface area contributed by atoms with Gasteiger partial charge in [-0.2, -0.15) is 0 Å². The summed E-state index contributed by atoms with van der Waals surface area (Å²) in [5.74, 6) is 0.792. The fraction of sp³-hybridized carbons (Fsp3) is 0.929. The second-order valence-electron chi connectivity index (χ2n) is 6.03. The fourth-order valence-electron chi connectivity index (χ4n) is 3.04. The minimum Gasteiger partial charge on any atom is -0.394 e. The van der Waals surface area contributed by atoms with Gasteiger partial charge in [0.15, 0.2) is 0 Å². The monoisotopic (exact) mass is 241 g/mol. The number of likely N-dealkylation sites (N-methyl/N-ethyl adjacent to an activating group) is 1. The molecule has 0 aromatic heterocycles. The van der Waals surface area contributed by atoms with E-state index < -0.39 is 0 Å². The Morgan fingerprint density at radius 2 is 1.82 bits per heavy atom. The average molecular weight is 241 g/mol. The van der Waals surface area contributed by atoms with Crippen LogP contribution in [0.15, 0.2) is 0 Å². The number of aliphatic hydroxyl groups excluding tert-OH is 1. The summed E-state index contributed by atoms with van der Waals surface area (Å²) in [6, 6.07) is -0.0767. The first-order valence-corrected chi connectivity index (χ1v) is 6.81. The number of rotatable bonds is 5. The van der Waals surface area contributed by atoms with E-state index in [2.05, 4.69) is 13.8 Å². The van der Waals surface area contributed by atoms with Gasteiger partial charge in [0.1, 0.15) is 0 Å². The molecular formula is C14H27NO2. The number of aliphatic hydroxyl groups is 1. The molecule has 0 aromatic carbocycles. The predicted molar refractivity (Wildman–Crippen MR) is 69.7 cm³/mol. The van der Waals surface area contributed by atoms with Crippen molar-refractivity contribution in [1.82, 2.24) is 4.90 Å². The second-order valence-corrected chi connectivity index (χ2v) is 6.03. The van der Waals surface area contributed by atoms with Gasteiger partial charge in [0.05, 0.1) is 12.6 Å². The predicted octanol–water partition coefficient (Wildman–Crippen LogP) is 2.43. The molecule has 100 valence electrons. The Balaban J connectivity index is 2.80. The summed E-state index contributed by atoms with van der Waals surface area (Å²) in [6.45, 7) is 6.31. The van der Waals surface area contributed by atoms with Crippen LogP contribution in [-0.4, -0.2) is 35.6 Å². The molecule has 1 aliphatic rings. The molecule has 0 spiro atoms. The van der Waals surface area contributed by atoms with Crippen LogP contribution < -0.4 is 0 Å². The molecule has 0 aliphatic heterocycles. The molecule has 1 fully saturated rings. The van der Waals surface area contributed by atoms with Crippen molar-refractivity contribution >= 4 is 5.91 Å². The zero-order valence-corrected chi connectivity index (χ0v) is 11.7.